The number of anilines is 1. The molecule has 1 aromatic heterocycles. The number of aromatic nitrogens is 1. The quantitative estimate of drug-likeness (QED) is 0.641. The van der Waals surface area contributed by atoms with Crippen molar-refractivity contribution >= 4 is 12.0 Å². The minimum atomic E-state index is 0.400. The van der Waals surface area contributed by atoms with Crippen LogP contribution >= 0.6 is 0 Å². The van der Waals surface area contributed by atoms with Crippen molar-refractivity contribution in [2.75, 3.05) is 38.3 Å². The van der Waals surface area contributed by atoms with Crippen LogP contribution in [0.25, 0.3) is 0 Å². The molecule has 2 heterocycles. The van der Waals surface area contributed by atoms with Crippen LogP contribution in [-0.2, 0) is 0 Å². The van der Waals surface area contributed by atoms with Crippen LogP contribution in [-0.4, -0.2) is 50.6 Å². The van der Waals surface area contributed by atoms with E-state index in [1.54, 1.807) is 13.3 Å². The monoisotopic (exact) mass is 370 g/mol. The summed E-state index contributed by atoms with van der Waals surface area (Å²) in [6, 6.07) is 4.35. The number of methoxy groups -OCH3 is 1. The molecule has 1 saturated heterocycles. The average molecular weight is 370 g/mol. The van der Waals surface area contributed by atoms with Crippen molar-refractivity contribution in [2.45, 2.75) is 31.7 Å². The molecule has 1 saturated carbocycles. The summed E-state index contributed by atoms with van der Waals surface area (Å²) in [6.07, 6.45) is 7.90. The highest BCUT2D eigenvalue weighted by Crippen LogP contribution is 2.33. The highest BCUT2D eigenvalue weighted by atomic mass is 16.5. The zero-order valence-corrected chi connectivity index (χ0v) is 16.2. The van der Waals surface area contributed by atoms with Crippen molar-refractivity contribution < 1.29 is 9.47 Å². The lowest BCUT2D eigenvalue weighted by molar-refractivity contribution is 0.269. The van der Waals surface area contributed by atoms with Gasteiger partial charge in [-0.2, -0.15) is 4.98 Å². The second kappa shape index (κ2) is 9.55. The third-order valence-electron chi connectivity index (χ3n) is 4.96. The summed E-state index contributed by atoms with van der Waals surface area (Å²) in [5, 5.41) is 3.42. The predicted octanol–water partition coefficient (Wildman–Crippen LogP) is 3.21. The first-order chi connectivity index (χ1) is 13.2. The maximum absolute atomic E-state index is 5.96. The molecule has 1 aliphatic heterocycles. The van der Waals surface area contributed by atoms with Gasteiger partial charge in [-0.15, -0.1) is 0 Å². The summed E-state index contributed by atoms with van der Waals surface area (Å²) in [6.45, 7) is 11.2. The number of hydrogen-bond donors (Lipinski definition) is 1. The molecule has 3 rings (SSSR count). The van der Waals surface area contributed by atoms with E-state index in [1.165, 1.54) is 19.0 Å². The van der Waals surface area contributed by atoms with Crippen molar-refractivity contribution in [1.82, 2.24) is 10.3 Å². The van der Waals surface area contributed by atoms with E-state index in [9.17, 15) is 0 Å². The van der Waals surface area contributed by atoms with Crippen molar-refractivity contribution in [1.29, 1.82) is 0 Å². The van der Waals surface area contributed by atoms with Crippen LogP contribution in [0.5, 0.6) is 11.6 Å². The molecule has 0 spiro atoms. The van der Waals surface area contributed by atoms with Gasteiger partial charge in [0.05, 0.1) is 13.7 Å². The van der Waals surface area contributed by atoms with Crippen molar-refractivity contribution in [3.05, 3.63) is 37.1 Å². The Morgan fingerprint density at radius 3 is 2.78 bits per heavy atom. The molecule has 1 N–H and O–H groups in total. The molecule has 0 radical (unpaired) electrons. The molecule has 1 aromatic rings. The highest BCUT2D eigenvalue weighted by molar-refractivity contribution is 5.79. The molecule has 2 fully saturated rings. The average Bonchev–Trinajstić information content (AvgIpc) is 3.54. The highest BCUT2D eigenvalue weighted by Gasteiger charge is 2.25. The zero-order chi connectivity index (χ0) is 19.1. The van der Waals surface area contributed by atoms with Crippen molar-refractivity contribution in [2.24, 2.45) is 10.9 Å². The summed E-state index contributed by atoms with van der Waals surface area (Å²) in [7, 11) is 1.65. The van der Waals surface area contributed by atoms with Crippen LogP contribution in [0.1, 0.15) is 25.7 Å². The Balaban J connectivity index is 1.82. The Kier molecular flexibility index (Phi) is 6.87. The molecule has 0 aromatic carbocycles. The van der Waals surface area contributed by atoms with Crippen LogP contribution in [0.2, 0.25) is 0 Å². The van der Waals surface area contributed by atoms with E-state index >= 15 is 0 Å². The van der Waals surface area contributed by atoms with Crippen LogP contribution in [0, 0.1) is 5.92 Å². The molecule has 0 atom stereocenters. The number of hydrogen-bond acceptors (Lipinski definition) is 6. The Bertz CT molecular complexity index is 679. The molecule has 0 amide bonds. The van der Waals surface area contributed by atoms with Crippen molar-refractivity contribution in [3.8, 4) is 11.6 Å². The van der Waals surface area contributed by atoms with E-state index in [0.29, 0.717) is 36.7 Å². The summed E-state index contributed by atoms with van der Waals surface area (Å²) in [5.74, 6) is 2.81. The van der Waals surface area contributed by atoms with Crippen molar-refractivity contribution in [3.63, 3.8) is 0 Å². The lowest BCUT2D eigenvalue weighted by atomic mass is 10.0. The topological polar surface area (TPSA) is 59.0 Å². The van der Waals surface area contributed by atoms with Gasteiger partial charge in [0.2, 0.25) is 0 Å². The van der Waals surface area contributed by atoms with Crippen LogP contribution in [0.4, 0.5) is 5.82 Å². The summed E-state index contributed by atoms with van der Waals surface area (Å²) < 4.78 is 11.4. The van der Waals surface area contributed by atoms with Gasteiger partial charge in [0.1, 0.15) is 5.82 Å². The smallest absolute Gasteiger partial charge is 0.258 e. The molecule has 6 nitrogen and oxygen atoms in total. The van der Waals surface area contributed by atoms with E-state index in [1.807, 2.05) is 12.1 Å². The summed E-state index contributed by atoms with van der Waals surface area (Å²) in [5.41, 5.74) is 0.923. The Labute approximate surface area is 162 Å². The fourth-order valence-electron chi connectivity index (χ4n) is 3.25. The van der Waals surface area contributed by atoms with Gasteiger partial charge >= 0.3 is 0 Å². The molecule has 0 unspecified atom stereocenters. The number of pyridine rings is 1. The van der Waals surface area contributed by atoms with E-state index in [4.69, 9.17) is 14.5 Å². The van der Waals surface area contributed by atoms with E-state index in [0.717, 1.165) is 37.3 Å². The standard InChI is InChI=1S/C21H30N4O2/c1-4-22-13-16(2)14-25(18-9-11-23-12-10-18)20-8-7-19(26-3)21(24-20)27-15-17-5-6-17/h4,7-8,13,17-18,23H,1-2,5-6,9-12,14-15H2,3H3. The molecule has 1 aliphatic carbocycles. The molecule has 2 aliphatic rings. The van der Waals surface area contributed by atoms with Gasteiger partial charge in [-0.05, 0) is 62.4 Å². The fourth-order valence-corrected chi connectivity index (χ4v) is 3.25. The Morgan fingerprint density at radius 2 is 2.11 bits per heavy atom. The predicted molar refractivity (Wildman–Crippen MR) is 110 cm³/mol. The summed E-state index contributed by atoms with van der Waals surface area (Å²) in [4.78, 5) is 11.2. The van der Waals surface area contributed by atoms with Gasteiger partial charge < -0.3 is 19.7 Å². The minimum absolute atomic E-state index is 0.400. The summed E-state index contributed by atoms with van der Waals surface area (Å²) >= 11 is 0. The SMILES string of the molecule is C=CN=CC(=C)CN(c1ccc(OC)c(OCC2CC2)n1)C1CCNCC1. The number of aliphatic imine (C=N–C) groups is 1. The zero-order valence-electron chi connectivity index (χ0n) is 16.2. The Hall–Kier alpha value is -2.34. The molecule has 146 valence electrons. The third kappa shape index (κ3) is 5.57. The number of nitrogens with zero attached hydrogens (tertiary/aromatic N) is 3. The van der Waals surface area contributed by atoms with Gasteiger partial charge in [-0.25, -0.2) is 0 Å². The van der Waals surface area contributed by atoms with Gasteiger partial charge in [-0.1, -0.05) is 13.2 Å². The van der Waals surface area contributed by atoms with Crippen LogP contribution in [0.3, 0.4) is 0 Å². The van der Waals surface area contributed by atoms with Gasteiger partial charge in [0, 0.05) is 25.0 Å². The maximum Gasteiger partial charge on any atom is 0.258 e. The van der Waals surface area contributed by atoms with Crippen LogP contribution < -0.4 is 19.7 Å². The first-order valence-electron chi connectivity index (χ1n) is 9.68. The normalized spacial score (nSPS) is 17.7. The largest absolute Gasteiger partial charge is 0.491 e. The minimum Gasteiger partial charge on any atom is -0.491 e. The van der Waals surface area contributed by atoms with Gasteiger partial charge in [0.25, 0.3) is 5.88 Å². The fraction of sp³-hybridized carbons (Fsp3) is 0.524. The number of ether oxygens (including phenoxy) is 2. The van der Waals surface area contributed by atoms with Gasteiger partial charge in [0.15, 0.2) is 5.75 Å². The van der Waals surface area contributed by atoms with E-state index in [-0.39, 0.29) is 0 Å². The Morgan fingerprint density at radius 1 is 1.33 bits per heavy atom. The molecular formula is C21H30N4O2. The first-order valence-corrected chi connectivity index (χ1v) is 9.68. The number of piperidine rings is 1. The number of nitrogens with one attached hydrogen (secondary N) is 1. The lowest BCUT2D eigenvalue weighted by Gasteiger charge is -2.36. The third-order valence-corrected chi connectivity index (χ3v) is 4.96. The second-order valence-electron chi connectivity index (χ2n) is 7.16. The molecule has 0 bridgehead atoms. The molecule has 6 heteroatoms. The van der Waals surface area contributed by atoms with Gasteiger partial charge in [-0.3, -0.25) is 4.99 Å². The first kappa shape index (κ1) is 19.4. The van der Waals surface area contributed by atoms with E-state index in [2.05, 4.69) is 28.4 Å². The second-order valence-corrected chi connectivity index (χ2v) is 7.16. The maximum atomic E-state index is 5.96. The molecule has 27 heavy (non-hydrogen) atoms. The molecular weight excluding hydrogens is 340 g/mol. The van der Waals surface area contributed by atoms with Crippen LogP contribution in [0.15, 0.2) is 42.1 Å². The van der Waals surface area contributed by atoms with E-state index < -0.39 is 0 Å². The number of rotatable bonds is 10. The lowest BCUT2D eigenvalue weighted by Crippen LogP contribution is -2.44.